The van der Waals surface area contributed by atoms with Crippen LogP contribution in [-0.4, -0.2) is 27.9 Å². The molecule has 0 aromatic heterocycles. The molecule has 0 spiro atoms. The lowest BCUT2D eigenvalue weighted by atomic mass is 9.92. The van der Waals surface area contributed by atoms with Gasteiger partial charge in [0.2, 0.25) is 5.78 Å². The Morgan fingerprint density at radius 1 is 1.14 bits per heavy atom. The largest absolute Gasteiger partial charge is 0.481 e. The molecular formula is C9H14O5. The zero-order chi connectivity index (χ0) is 11.3. The highest BCUT2D eigenvalue weighted by molar-refractivity contribution is 6.33. The molecule has 0 aromatic rings. The van der Waals surface area contributed by atoms with Gasteiger partial charge in [0.15, 0.2) is 0 Å². The highest BCUT2D eigenvalue weighted by Gasteiger charge is 2.25. The van der Waals surface area contributed by atoms with Crippen LogP contribution in [0.1, 0.15) is 26.7 Å². The van der Waals surface area contributed by atoms with Crippen LogP contribution in [0, 0.1) is 11.8 Å². The van der Waals surface area contributed by atoms with Crippen molar-refractivity contribution in [3.63, 3.8) is 0 Å². The van der Waals surface area contributed by atoms with E-state index in [0.717, 1.165) is 0 Å². The van der Waals surface area contributed by atoms with Crippen molar-refractivity contribution in [2.24, 2.45) is 11.8 Å². The summed E-state index contributed by atoms with van der Waals surface area (Å²) in [6.45, 7) is 3.64. The number of carboxylic acid groups (broad SMARTS) is 2. The number of ketones is 1. The first-order chi connectivity index (χ1) is 6.34. The van der Waals surface area contributed by atoms with Crippen molar-refractivity contribution < 1.29 is 24.6 Å². The summed E-state index contributed by atoms with van der Waals surface area (Å²) in [5, 5.41) is 17.0. The number of rotatable bonds is 6. The van der Waals surface area contributed by atoms with Gasteiger partial charge in [-0.25, -0.2) is 4.79 Å². The molecule has 0 bridgehead atoms. The molecule has 0 rings (SSSR count). The lowest BCUT2D eigenvalue weighted by molar-refractivity contribution is -0.151. The molecule has 14 heavy (non-hydrogen) atoms. The number of carbonyl (C=O) groups excluding carboxylic acids is 1. The van der Waals surface area contributed by atoms with Crippen LogP contribution in [0.15, 0.2) is 0 Å². The van der Waals surface area contributed by atoms with E-state index in [4.69, 9.17) is 10.2 Å². The zero-order valence-corrected chi connectivity index (χ0v) is 8.19. The Balaban J connectivity index is 4.31. The summed E-state index contributed by atoms with van der Waals surface area (Å²) in [4.78, 5) is 31.6. The Labute approximate surface area is 81.7 Å². The smallest absolute Gasteiger partial charge is 0.372 e. The first-order valence-electron chi connectivity index (χ1n) is 4.33. The van der Waals surface area contributed by atoms with Gasteiger partial charge < -0.3 is 10.2 Å². The van der Waals surface area contributed by atoms with Gasteiger partial charge >= 0.3 is 11.9 Å². The maximum Gasteiger partial charge on any atom is 0.372 e. The van der Waals surface area contributed by atoms with Crippen LogP contribution in [0.4, 0.5) is 0 Å². The zero-order valence-electron chi connectivity index (χ0n) is 8.19. The Kier molecular flexibility index (Phi) is 4.83. The number of hydrogen-bond acceptors (Lipinski definition) is 3. The summed E-state index contributed by atoms with van der Waals surface area (Å²) < 4.78 is 0. The fraction of sp³-hybridized carbons (Fsp3) is 0.667. The van der Waals surface area contributed by atoms with E-state index in [9.17, 15) is 14.4 Å². The van der Waals surface area contributed by atoms with Gasteiger partial charge in [0.25, 0.3) is 0 Å². The van der Waals surface area contributed by atoms with E-state index in [2.05, 4.69) is 0 Å². The lowest BCUT2D eigenvalue weighted by Crippen LogP contribution is -2.23. The molecular weight excluding hydrogens is 188 g/mol. The molecule has 0 radical (unpaired) electrons. The predicted octanol–water partition coefficient (Wildman–Crippen LogP) is 0.777. The van der Waals surface area contributed by atoms with E-state index in [1.54, 1.807) is 0 Å². The average Bonchev–Trinajstić information content (AvgIpc) is 2.01. The average molecular weight is 202 g/mol. The third-order valence-electron chi connectivity index (χ3n) is 1.78. The molecule has 1 atom stereocenters. The molecule has 5 heteroatoms. The predicted molar refractivity (Wildman–Crippen MR) is 47.8 cm³/mol. The van der Waals surface area contributed by atoms with Gasteiger partial charge in [-0.3, -0.25) is 9.59 Å². The minimum atomic E-state index is -1.57. The molecule has 80 valence electrons. The van der Waals surface area contributed by atoms with Crippen molar-refractivity contribution in [3.05, 3.63) is 0 Å². The van der Waals surface area contributed by atoms with Crippen LogP contribution < -0.4 is 0 Å². The highest BCUT2D eigenvalue weighted by Crippen LogP contribution is 2.16. The van der Waals surface area contributed by atoms with Gasteiger partial charge in [-0.1, -0.05) is 13.8 Å². The third kappa shape index (κ3) is 4.59. The second kappa shape index (κ2) is 5.36. The van der Waals surface area contributed by atoms with Crippen LogP contribution in [0.25, 0.3) is 0 Å². The Bertz CT molecular complexity index is 244. The fourth-order valence-corrected chi connectivity index (χ4v) is 1.15. The monoisotopic (exact) mass is 202 g/mol. The molecule has 0 saturated heterocycles. The van der Waals surface area contributed by atoms with Gasteiger partial charge in [0.05, 0.1) is 5.92 Å². The fourth-order valence-electron chi connectivity index (χ4n) is 1.15. The number of hydrogen-bond donors (Lipinski definition) is 2. The Hall–Kier alpha value is -1.39. The van der Waals surface area contributed by atoms with E-state index in [1.807, 2.05) is 13.8 Å². The summed E-state index contributed by atoms with van der Waals surface area (Å²) in [7, 11) is 0. The summed E-state index contributed by atoms with van der Waals surface area (Å²) in [5.74, 6) is -4.50. The molecule has 0 saturated carbocycles. The van der Waals surface area contributed by atoms with Gasteiger partial charge in [-0.05, 0) is 12.3 Å². The summed E-state index contributed by atoms with van der Waals surface area (Å²) in [6, 6.07) is 0. The van der Waals surface area contributed by atoms with E-state index < -0.39 is 30.1 Å². The molecule has 0 amide bonds. The van der Waals surface area contributed by atoms with Gasteiger partial charge in [-0.15, -0.1) is 0 Å². The number of carbonyl (C=O) groups is 3. The number of aliphatic carboxylic acids is 2. The Morgan fingerprint density at radius 2 is 1.64 bits per heavy atom. The molecule has 0 aromatic carbocycles. The van der Waals surface area contributed by atoms with Crippen molar-refractivity contribution in [1.29, 1.82) is 0 Å². The minimum absolute atomic E-state index is 0.123. The molecule has 0 aliphatic rings. The molecule has 0 heterocycles. The van der Waals surface area contributed by atoms with Gasteiger partial charge in [0, 0.05) is 6.42 Å². The second-order valence-electron chi connectivity index (χ2n) is 3.60. The van der Waals surface area contributed by atoms with Crippen LogP contribution in [-0.2, 0) is 14.4 Å². The van der Waals surface area contributed by atoms with E-state index in [0.29, 0.717) is 6.42 Å². The first kappa shape index (κ1) is 12.6. The van der Waals surface area contributed by atoms with Crippen molar-refractivity contribution in [2.75, 3.05) is 0 Å². The van der Waals surface area contributed by atoms with Gasteiger partial charge in [0.1, 0.15) is 0 Å². The molecule has 0 fully saturated rings. The van der Waals surface area contributed by atoms with Gasteiger partial charge in [-0.2, -0.15) is 0 Å². The minimum Gasteiger partial charge on any atom is -0.481 e. The van der Waals surface area contributed by atoms with Crippen molar-refractivity contribution in [3.8, 4) is 0 Å². The first-order valence-corrected chi connectivity index (χ1v) is 4.33. The summed E-state index contributed by atoms with van der Waals surface area (Å²) in [5.41, 5.74) is 0. The lowest BCUT2D eigenvalue weighted by Gasteiger charge is -2.12. The van der Waals surface area contributed by atoms with Crippen LogP contribution >= 0.6 is 0 Å². The van der Waals surface area contributed by atoms with E-state index in [-0.39, 0.29) is 5.92 Å². The normalized spacial score (nSPS) is 12.5. The molecule has 2 N–H and O–H groups in total. The summed E-state index contributed by atoms with van der Waals surface area (Å²) in [6.07, 6.45) is -0.114. The van der Waals surface area contributed by atoms with E-state index in [1.165, 1.54) is 0 Å². The van der Waals surface area contributed by atoms with Crippen LogP contribution in [0.3, 0.4) is 0 Å². The second-order valence-corrected chi connectivity index (χ2v) is 3.60. The molecule has 1 unspecified atom stereocenters. The van der Waals surface area contributed by atoms with Crippen molar-refractivity contribution in [1.82, 2.24) is 0 Å². The molecule has 0 aliphatic carbocycles. The standard InChI is InChI=1S/C9H14O5/c1-5(2)3-6(8(11)12)4-7(10)9(13)14/h5-6H,3-4H2,1-2H3,(H,11,12)(H,13,14). The molecule has 0 aliphatic heterocycles. The van der Waals surface area contributed by atoms with Crippen molar-refractivity contribution >= 4 is 17.7 Å². The van der Waals surface area contributed by atoms with Crippen LogP contribution in [0.5, 0.6) is 0 Å². The summed E-state index contributed by atoms with van der Waals surface area (Å²) >= 11 is 0. The maximum atomic E-state index is 10.8. The highest BCUT2D eigenvalue weighted by atomic mass is 16.4. The number of Topliss-reactive ketones (excluding diaryl/α,β-unsaturated/α-hetero) is 1. The molecule has 5 nitrogen and oxygen atoms in total. The SMILES string of the molecule is CC(C)CC(CC(=O)C(=O)O)C(=O)O. The third-order valence-corrected chi connectivity index (χ3v) is 1.78. The quantitative estimate of drug-likeness (QED) is 0.621. The van der Waals surface area contributed by atoms with Crippen molar-refractivity contribution in [2.45, 2.75) is 26.7 Å². The van der Waals surface area contributed by atoms with Crippen LogP contribution in [0.2, 0.25) is 0 Å². The van der Waals surface area contributed by atoms with E-state index >= 15 is 0 Å². The number of carboxylic acids is 2. The topological polar surface area (TPSA) is 91.7 Å². The Morgan fingerprint density at radius 3 is 1.93 bits per heavy atom. The maximum absolute atomic E-state index is 10.8.